The van der Waals surface area contributed by atoms with Crippen LogP contribution in [0.4, 0.5) is 4.79 Å². The van der Waals surface area contributed by atoms with Gasteiger partial charge in [-0.1, -0.05) is 0 Å². The number of ether oxygens (including phenoxy) is 2. The van der Waals surface area contributed by atoms with E-state index in [1.807, 2.05) is 56.7 Å². The number of methoxy groups -OCH3 is 1. The van der Waals surface area contributed by atoms with Gasteiger partial charge in [0.05, 0.1) is 18.1 Å². The fraction of sp³-hybridized carbons (Fsp3) is 0.500. The first-order valence-electron chi connectivity index (χ1n) is 7.28. The number of pyridine rings is 1. The molecule has 0 bridgehead atoms. The molecule has 0 aliphatic heterocycles. The van der Waals surface area contributed by atoms with Gasteiger partial charge in [0.2, 0.25) is 5.88 Å². The Morgan fingerprint density at radius 1 is 1.36 bits per heavy atom. The highest BCUT2D eigenvalue weighted by molar-refractivity contribution is 5.76. The predicted octanol–water partition coefficient (Wildman–Crippen LogP) is 2.96. The molecule has 0 saturated carbocycles. The molecule has 0 aromatic carbocycles. The first kappa shape index (κ1) is 16.1. The summed E-state index contributed by atoms with van der Waals surface area (Å²) in [6.07, 6.45) is 1.54. The van der Waals surface area contributed by atoms with Crippen molar-refractivity contribution in [2.75, 3.05) is 7.11 Å². The number of nitrogens with zero attached hydrogens (tertiary/aromatic N) is 2. The summed E-state index contributed by atoms with van der Waals surface area (Å²) in [7, 11) is 1.60. The second-order valence-corrected chi connectivity index (χ2v) is 6.27. The normalized spacial score (nSPS) is 13.0. The summed E-state index contributed by atoms with van der Waals surface area (Å²) in [5, 5.41) is 2.83. The quantitative estimate of drug-likeness (QED) is 0.943. The Hall–Kier alpha value is -2.24. The van der Waals surface area contributed by atoms with E-state index in [2.05, 4.69) is 10.3 Å². The van der Waals surface area contributed by atoms with E-state index in [-0.39, 0.29) is 6.04 Å². The number of aromatic nitrogens is 2. The van der Waals surface area contributed by atoms with E-state index in [1.165, 1.54) is 0 Å². The SMILES string of the molecule is COc1ccc2c(ccn2C[C@@H](C)NC(=O)OC(C)(C)C)n1. The molecule has 1 atom stereocenters. The topological polar surface area (TPSA) is 65.4 Å². The molecule has 2 heterocycles. The monoisotopic (exact) mass is 305 g/mol. The Morgan fingerprint density at radius 2 is 2.09 bits per heavy atom. The Balaban J connectivity index is 2.03. The number of carbonyl (C=O) groups is 1. The fourth-order valence-corrected chi connectivity index (χ4v) is 2.18. The Bertz CT molecular complexity index is 658. The molecule has 0 aliphatic rings. The van der Waals surface area contributed by atoms with Crippen molar-refractivity contribution >= 4 is 17.1 Å². The van der Waals surface area contributed by atoms with Crippen molar-refractivity contribution in [1.82, 2.24) is 14.9 Å². The maximum atomic E-state index is 11.8. The molecule has 1 amide bonds. The van der Waals surface area contributed by atoms with E-state index < -0.39 is 11.7 Å². The molecule has 120 valence electrons. The maximum Gasteiger partial charge on any atom is 0.407 e. The molecule has 0 saturated heterocycles. The minimum Gasteiger partial charge on any atom is -0.481 e. The molecule has 0 radical (unpaired) electrons. The molecule has 2 aromatic heterocycles. The van der Waals surface area contributed by atoms with E-state index in [9.17, 15) is 4.79 Å². The second kappa shape index (κ2) is 6.25. The lowest BCUT2D eigenvalue weighted by atomic mass is 10.2. The molecule has 6 heteroatoms. The van der Waals surface area contributed by atoms with Crippen LogP contribution in [0.5, 0.6) is 5.88 Å². The van der Waals surface area contributed by atoms with Gasteiger partial charge < -0.3 is 19.4 Å². The number of amides is 1. The zero-order chi connectivity index (χ0) is 16.3. The van der Waals surface area contributed by atoms with Gasteiger partial charge in [-0.3, -0.25) is 0 Å². The standard InChI is InChI=1S/C16H23N3O3/c1-11(17-15(20)22-16(2,3)4)10-19-9-8-12-13(19)6-7-14(18-12)21-5/h6-9,11H,10H2,1-5H3,(H,17,20)/t11-/m1/s1. The van der Waals surface area contributed by atoms with Crippen LogP contribution in [0.2, 0.25) is 0 Å². The van der Waals surface area contributed by atoms with Crippen molar-refractivity contribution in [1.29, 1.82) is 0 Å². The molecule has 2 aromatic rings. The van der Waals surface area contributed by atoms with Crippen LogP contribution in [-0.2, 0) is 11.3 Å². The third kappa shape index (κ3) is 4.13. The highest BCUT2D eigenvalue weighted by atomic mass is 16.6. The summed E-state index contributed by atoms with van der Waals surface area (Å²) in [4.78, 5) is 16.1. The number of rotatable bonds is 4. The van der Waals surface area contributed by atoms with Crippen LogP contribution in [0.1, 0.15) is 27.7 Å². The van der Waals surface area contributed by atoms with E-state index in [4.69, 9.17) is 9.47 Å². The van der Waals surface area contributed by atoms with Gasteiger partial charge in [-0.2, -0.15) is 0 Å². The van der Waals surface area contributed by atoms with Crippen molar-refractivity contribution in [3.05, 3.63) is 24.4 Å². The Labute approximate surface area is 130 Å². The molecular weight excluding hydrogens is 282 g/mol. The van der Waals surface area contributed by atoms with Crippen LogP contribution >= 0.6 is 0 Å². The lowest BCUT2D eigenvalue weighted by Gasteiger charge is -2.22. The number of hydrogen-bond acceptors (Lipinski definition) is 4. The number of alkyl carbamates (subject to hydrolysis) is 1. The summed E-state index contributed by atoms with van der Waals surface area (Å²) in [5.41, 5.74) is 1.37. The van der Waals surface area contributed by atoms with Crippen molar-refractivity contribution in [3.8, 4) is 5.88 Å². The number of fused-ring (bicyclic) bond motifs is 1. The first-order valence-corrected chi connectivity index (χ1v) is 7.28. The zero-order valence-corrected chi connectivity index (χ0v) is 13.7. The summed E-state index contributed by atoms with van der Waals surface area (Å²) in [6.45, 7) is 8.10. The lowest BCUT2D eigenvalue weighted by Crippen LogP contribution is -2.39. The van der Waals surface area contributed by atoms with Crippen molar-refractivity contribution in [3.63, 3.8) is 0 Å². The summed E-state index contributed by atoms with van der Waals surface area (Å²) in [5.74, 6) is 0.588. The molecule has 0 unspecified atom stereocenters. The third-order valence-corrected chi connectivity index (χ3v) is 3.04. The van der Waals surface area contributed by atoms with Crippen molar-refractivity contribution in [2.24, 2.45) is 0 Å². The van der Waals surface area contributed by atoms with Gasteiger partial charge in [-0.25, -0.2) is 9.78 Å². The highest BCUT2D eigenvalue weighted by Gasteiger charge is 2.18. The Kier molecular flexibility index (Phi) is 4.59. The molecule has 0 spiro atoms. The van der Waals surface area contributed by atoms with Gasteiger partial charge in [0, 0.05) is 24.8 Å². The van der Waals surface area contributed by atoms with Gasteiger partial charge >= 0.3 is 6.09 Å². The molecule has 0 fully saturated rings. The maximum absolute atomic E-state index is 11.8. The lowest BCUT2D eigenvalue weighted by molar-refractivity contribution is 0.0504. The van der Waals surface area contributed by atoms with E-state index in [1.54, 1.807) is 7.11 Å². The predicted molar refractivity (Wildman–Crippen MR) is 85.1 cm³/mol. The van der Waals surface area contributed by atoms with Crippen molar-refractivity contribution < 1.29 is 14.3 Å². The van der Waals surface area contributed by atoms with Crippen LogP contribution in [0, 0.1) is 0 Å². The summed E-state index contributed by atoms with van der Waals surface area (Å²) < 4.78 is 12.4. The molecular formula is C16H23N3O3. The fourth-order valence-electron chi connectivity index (χ4n) is 2.18. The number of nitrogens with one attached hydrogen (secondary N) is 1. The van der Waals surface area contributed by atoms with Crippen LogP contribution in [-0.4, -0.2) is 34.4 Å². The average molecular weight is 305 g/mol. The molecule has 22 heavy (non-hydrogen) atoms. The van der Waals surface area contributed by atoms with Crippen LogP contribution in [0.3, 0.4) is 0 Å². The van der Waals surface area contributed by atoms with Crippen LogP contribution in [0.15, 0.2) is 24.4 Å². The molecule has 0 aliphatic carbocycles. The summed E-state index contributed by atoms with van der Waals surface area (Å²) in [6, 6.07) is 5.65. The average Bonchev–Trinajstić information content (AvgIpc) is 2.78. The number of carbonyl (C=O) groups excluding carboxylic acids is 1. The van der Waals surface area contributed by atoms with Gasteiger partial charge in [0.25, 0.3) is 0 Å². The first-order chi connectivity index (χ1) is 10.3. The van der Waals surface area contributed by atoms with Crippen LogP contribution < -0.4 is 10.1 Å². The third-order valence-electron chi connectivity index (χ3n) is 3.04. The van der Waals surface area contributed by atoms with Gasteiger partial charge in [0.15, 0.2) is 0 Å². The zero-order valence-electron chi connectivity index (χ0n) is 13.7. The molecule has 1 N–H and O–H groups in total. The molecule has 6 nitrogen and oxygen atoms in total. The number of hydrogen-bond donors (Lipinski definition) is 1. The minimum atomic E-state index is -0.496. The molecule has 2 rings (SSSR count). The van der Waals surface area contributed by atoms with Gasteiger partial charge in [-0.15, -0.1) is 0 Å². The highest BCUT2D eigenvalue weighted by Crippen LogP contribution is 2.18. The van der Waals surface area contributed by atoms with Gasteiger partial charge in [-0.05, 0) is 39.8 Å². The smallest absolute Gasteiger partial charge is 0.407 e. The van der Waals surface area contributed by atoms with E-state index in [0.717, 1.165) is 11.0 Å². The second-order valence-electron chi connectivity index (χ2n) is 6.27. The van der Waals surface area contributed by atoms with Crippen molar-refractivity contribution in [2.45, 2.75) is 45.9 Å². The van der Waals surface area contributed by atoms with Gasteiger partial charge in [0.1, 0.15) is 5.60 Å². The summed E-state index contributed by atoms with van der Waals surface area (Å²) >= 11 is 0. The minimum absolute atomic E-state index is 0.0625. The van der Waals surface area contributed by atoms with Crippen LogP contribution in [0.25, 0.3) is 11.0 Å². The largest absolute Gasteiger partial charge is 0.481 e. The Morgan fingerprint density at radius 3 is 2.73 bits per heavy atom. The van der Waals surface area contributed by atoms with E-state index >= 15 is 0 Å². The van der Waals surface area contributed by atoms with E-state index in [0.29, 0.717) is 12.4 Å².